The average molecular weight is 242 g/mol. The van der Waals surface area contributed by atoms with Crippen molar-refractivity contribution in [3.05, 3.63) is 29.8 Å². The Balaban J connectivity index is 2.59. The molecule has 0 bridgehead atoms. The van der Waals surface area contributed by atoms with Gasteiger partial charge >= 0.3 is 7.05 Å². The van der Waals surface area contributed by atoms with Gasteiger partial charge in [-0.1, -0.05) is 28.1 Å². The van der Waals surface area contributed by atoms with E-state index in [-0.39, 0.29) is 0 Å². The minimum absolute atomic E-state index is 0.498. The molecule has 0 unspecified atom stereocenters. The smallest absolute Gasteiger partial charge is 0.406 e. The van der Waals surface area contributed by atoms with Crippen molar-refractivity contribution in [1.29, 1.82) is 0 Å². The molecule has 0 saturated heterocycles. The van der Waals surface area contributed by atoms with Gasteiger partial charge in [0.1, 0.15) is 0 Å². The third kappa shape index (κ3) is 3.83. The molecule has 0 aromatic heterocycles. The molecule has 0 amide bonds. The van der Waals surface area contributed by atoms with E-state index in [9.17, 15) is 0 Å². The fraction of sp³-hybridized carbons (Fsp3) is 0.333. The normalized spacial score (nSPS) is 9.77. The van der Waals surface area contributed by atoms with Gasteiger partial charge in [-0.15, -0.1) is 0 Å². The number of hydrogen-bond donors (Lipinski definition) is 2. The largest absolute Gasteiger partial charge is 0.433 e. The highest BCUT2D eigenvalue weighted by Gasteiger charge is 2.01. The summed E-state index contributed by atoms with van der Waals surface area (Å²) in [6, 6.07) is 8.08. The highest BCUT2D eigenvalue weighted by molar-refractivity contribution is 9.09. The molecule has 0 heterocycles. The Hall–Kier alpha value is -0.475. The lowest BCUT2D eigenvalue weighted by atomic mass is 9.88. The molecule has 0 aliphatic carbocycles. The quantitative estimate of drug-likeness (QED) is 0.626. The van der Waals surface area contributed by atoms with Crippen LogP contribution in [0, 0.1) is 0 Å². The molecule has 4 heteroatoms. The first-order valence-electron chi connectivity index (χ1n) is 4.32. The van der Waals surface area contributed by atoms with E-state index in [4.69, 9.17) is 5.02 Å². The van der Waals surface area contributed by atoms with Gasteiger partial charge in [-0.2, -0.15) is 0 Å². The van der Waals surface area contributed by atoms with E-state index in [0.29, 0.717) is 0 Å². The average Bonchev–Trinajstić information content (AvgIpc) is 2.08. The maximum atomic E-state index is 9.06. The van der Waals surface area contributed by atoms with Crippen molar-refractivity contribution in [2.75, 3.05) is 10.6 Å². The van der Waals surface area contributed by atoms with Gasteiger partial charge in [-0.3, -0.25) is 0 Å². The van der Waals surface area contributed by atoms with Gasteiger partial charge in [-0.05, 0) is 30.9 Å². The van der Waals surface area contributed by atoms with Gasteiger partial charge < -0.3 is 10.3 Å². The van der Waals surface area contributed by atoms with E-state index >= 15 is 0 Å². The van der Waals surface area contributed by atoms with Gasteiger partial charge in [0, 0.05) is 11.0 Å². The third-order valence-corrected chi connectivity index (χ3v) is 2.11. The molecule has 0 aliphatic heterocycles. The highest BCUT2D eigenvalue weighted by Crippen LogP contribution is 2.10. The number of alkyl halides is 1. The molecule has 0 atom stereocenters. The summed E-state index contributed by atoms with van der Waals surface area (Å²) in [6.45, 7) is 1.70. The second kappa shape index (κ2) is 5.30. The Morgan fingerprint density at radius 2 is 2.00 bits per heavy atom. The van der Waals surface area contributed by atoms with Crippen LogP contribution in [0.3, 0.4) is 0 Å². The molecule has 2 nitrogen and oxygen atoms in total. The Labute approximate surface area is 87.6 Å². The molecule has 1 rings (SSSR count). The van der Waals surface area contributed by atoms with Crippen molar-refractivity contribution in [3.8, 4) is 0 Å². The molecule has 0 radical (unpaired) electrons. The van der Waals surface area contributed by atoms with Crippen LogP contribution in [-0.4, -0.2) is 17.4 Å². The van der Waals surface area contributed by atoms with Crippen LogP contribution in [0.25, 0.3) is 0 Å². The van der Waals surface area contributed by atoms with Gasteiger partial charge in [-0.25, -0.2) is 0 Å². The lowest BCUT2D eigenvalue weighted by molar-refractivity contribution is 0.587. The van der Waals surface area contributed by atoms with E-state index in [1.54, 1.807) is 6.82 Å². The zero-order chi connectivity index (χ0) is 9.68. The van der Waals surface area contributed by atoms with Crippen LogP contribution < -0.4 is 5.23 Å². The lowest BCUT2D eigenvalue weighted by Gasteiger charge is -2.06. The predicted octanol–water partition coefficient (Wildman–Crippen LogP) is 2.15. The number of anilines is 1. The van der Waals surface area contributed by atoms with Crippen molar-refractivity contribution in [2.24, 2.45) is 0 Å². The van der Waals surface area contributed by atoms with Crippen LogP contribution in [-0.2, 0) is 6.42 Å². The molecular weight excluding hydrogens is 229 g/mol. The molecule has 70 valence electrons. The number of halogens is 1. The van der Waals surface area contributed by atoms with Crippen LogP contribution in [0.1, 0.15) is 5.56 Å². The fourth-order valence-corrected chi connectivity index (χ4v) is 1.58. The molecule has 0 fully saturated rings. The number of hydrogen-bond acceptors (Lipinski definition) is 2. The lowest BCUT2D eigenvalue weighted by Crippen LogP contribution is -2.19. The molecule has 1 aromatic rings. The van der Waals surface area contributed by atoms with Crippen LogP contribution in [0.15, 0.2) is 24.3 Å². The Morgan fingerprint density at radius 3 is 2.46 bits per heavy atom. The SMILES string of the molecule is CB(O)Nc1ccc(CCBr)cc1. The first-order valence-corrected chi connectivity index (χ1v) is 5.44. The van der Waals surface area contributed by atoms with Crippen molar-refractivity contribution in [2.45, 2.75) is 13.2 Å². The van der Waals surface area contributed by atoms with Gasteiger partial charge in [0.15, 0.2) is 0 Å². The number of nitrogens with one attached hydrogen (secondary N) is 1. The van der Waals surface area contributed by atoms with Crippen molar-refractivity contribution in [3.63, 3.8) is 0 Å². The Kier molecular flexibility index (Phi) is 4.32. The minimum Gasteiger partial charge on any atom is -0.433 e. The molecular formula is C9H13BBrNO. The third-order valence-electron chi connectivity index (χ3n) is 1.71. The predicted molar refractivity (Wildman–Crippen MR) is 61.4 cm³/mol. The second-order valence-electron chi connectivity index (χ2n) is 2.96. The highest BCUT2D eigenvalue weighted by atomic mass is 79.9. The summed E-state index contributed by atoms with van der Waals surface area (Å²) in [5, 5.41) is 13.0. The fourth-order valence-electron chi connectivity index (χ4n) is 1.12. The second-order valence-corrected chi connectivity index (χ2v) is 3.75. The summed E-state index contributed by atoms with van der Waals surface area (Å²) in [5.74, 6) is 0. The van der Waals surface area contributed by atoms with E-state index in [2.05, 4.69) is 33.3 Å². The summed E-state index contributed by atoms with van der Waals surface area (Å²) in [4.78, 5) is 0. The first-order chi connectivity index (χ1) is 6.22. The number of benzene rings is 1. The van der Waals surface area contributed by atoms with E-state index < -0.39 is 7.05 Å². The Bertz CT molecular complexity index is 250. The standard InChI is InChI=1S/C9H13BBrNO/c1-10(13)12-9-4-2-8(3-5-9)6-7-11/h2-5,12-13H,6-7H2,1H3. The first kappa shape index (κ1) is 10.6. The molecule has 0 saturated carbocycles. The van der Waals surface area contributed by atoms with E-state index in [0.717, 1.165) is 17.4 Å². The molecule has 0 spiro atoms. The maximum Gasteiger partial charge on any atom is 0.406 e. The topological polar surface area (TPSA) is 32.3 Å². The summed E-state index contributed by atoms with van der Waals surface area (Å²) >= 11 is 3.39. The van der Waals surface area contributed by atoms with Crippen molar-refractivity contribution >= 4 is 28.7 Å². The van der Waals surface area contributed by atoms with Crippen LogP contribution in [0.2, 0.25) is 6.82 Å². The van der Waals surface area contributed by atoms with Gasteiger partial charge in [0.05, 0.1) is 0 Å². The Morgan fingerprint density at radius 1 is 1.38 bits per heavy atom. The van der Waals surface area contributed by atoms with Crippen molar-refractivity contribution in [1.82, 2.24) is 0 Å². The molecule has 13 heavy (non-hydrogen) atoms. The van der Waals surface area contributed by atoms with Gasteiger partial charge in [0.25, 0.3) is 0 Å². The monoisotopic (exact) mass is 241 g/mol. The minimum atomic E-state index is -0.498. The number of rotatable bonds is 4. The van der Waals surface area contributed by atoms with Crippen molar-refractivity contribution < 1.29 is 5.02 Å². The molecule has 1 aromatic carbocycles. The van der Waals surface area contributed by atoms with Gasteiger partial charge in [0.2, 0.25) is 0 Å². The summed E-state index contributed by atoms with van der Waals surface area (Å²) in [5.41, 5.74) is 2.25. The summed E-state index contributed by atoms with van der Waals surface area (Å²) in [7, 11) is -0.498. The zero-order valence-corrected chi connectivity index (χ0v) is 9.21. The number of aryl methyl sites for hydroxylation is 1. The van der Waals surface area contributed by atoms with E-state index in [1.165, 1.54) is 5.56 Å². The molecule has 2 N–H and O–H groups in total. The molecule has 0 aliphatic rings. The summed E-state index contributed by atoms with van der Waals surface area (Å²) in [6.07, 6.45) is 1.04. The van der Waals surface area contributed by atoms with Crippen LogP contribution in [0.5, 0.6) is 0 Å². The maximum absolute atomic E-state index is 9.06. The van der Waals surface area contributed by atoms with E-state index in [1.807, 2.05) is 12.1 Å². The summed E-state index contributed by atoms with van der Waals surface area (Å²) < 4.78 is 0. The van der Waals surface area contributed by atoms with Crippen LogP contribution in [0.4, 0.5) is 5.69 Å². The van der Waals surface area contributed by atoms with Crippen LogP contribution >= 0.6 is 15.9 Å². The zero-order valence-electron chi connectivity index (χ0n) is 7.63.